The molecule has 1 aromatic carbocycles. The van der Waals surface area contributed by atoms with Gasteiger partial charge in [0.05, 0.1) is 28.8 Å². The molecule has 1 unspecified atom stereocenters. The number of fused-ring (bicyclic) bond motifs is 1. The van der Waals surface area contributed by atoms with Crippen molar-refractivity contribution in [2.45, 2.75) is 43.4 Å². The summed E-state index contributed by atoms with van der Waals surface area (Å²) in [6, 6.07) is 6.15. The summed E-state index contributed by atoms with van der Waals surface area (Å²) in [4.78, 5) is 37.0. The maximum atomic E-state index is 13.4. The lowest BCUT2D eigenvalue weighted by Crippen LogP contribution is -2.45. The van der Waals surface area contributed by atoms with Crippen LogP contribution in [0.15, 0.2) is 29.4 Å². The third-order valence-electron chi connectivity index (χ3n) is 6.55. The van der Waals surface area contributed by atoms with Crippen LogP contribution in [0, 0.1) is 11.3 Å². The number of nitrogens with one attached hydrogen (secondary N) is 2. The molecule has 3 heterocycles. The number of H-pyrrole nitrogens is 1. The van der Waals surface area contributed by atoms with Gasteiger partial charge in [0.25, 0.3) is 0 Å². The van der Waals surface area contributed by atoms with Crippen molar-refractivity contribution in [2.75, 3.05) is 37.8 Å². The van der Waals surface area contributed by atoms with E-state index >= 15 is 0 Å². The second kappa shape index (κ2) is 10.9. The molecule has 192 valence electrons. The summed E-state index contributed by atoms with van der Waals surface area (Å²) < 4.78 is 25.0. The average molecular weight is 533 g/mol. The van der Waals surface area contributed by atoms with Gasteiger partial charge in [0.15, 0.2) is 9.84 Å². The maximum absolute atomic E-state index is 13.4. The largest absolute Gasteiger partial charge is 0.358 e. The molecule has 2 amide bonds. The quantitative estimate of drug-likeness (QED) is 0.433. The van der Waals surface area contributed by atoms with Gasteiger partial charge >= 0.3 is 0 Å². The number of rotatable bonds is 6. The summed E-state index contributed by atoms with van der Waals surface area (Å²) in [5.41, 5.74) is 1.09. The van der Waals surface area contributed by atoms with E-state index in [0.717, 1.165) is 19.1 Å². The molecule has 36 heavy (non-hydrogen) atoms. The Morgan fingerprint density at radius 3 is 2.69 bits per heavy atom. The van der Waals surface area contributed by atoms with E-state index in [-0.39, 0.29) is 24.2 Å². The Balaban J connectivity index is 1.66. The first-order valence-corrected chi connectivity index (χ1v) is 14.3. The van der Waals surface area contributed by atoms with Crippen molar-refractivity contribution < 1.29 is 18.0 Å². The molecule has 0 spiro atoms. The van der Waals surface area contributed by atoms with E-state index in [0.29, 0.717) is 60.5 Å². The van der Waals surface area contributed by atoms with Crippen molar-refractivity contribution in [1.29, 1.82) is 5.26 Å². The Kier molecular flexibility index (Phi) is 7.85. The van der Waals surface area contributed by atoms with Crippen LogP contribution in [0.4, 0.5) is 5.69 Å². The molecular formula is C24H29ClN6O4S. The Morgan fingerprint density at radius 1 is 1.28 bits per heavy atom. The number of likely N-dealkylation sites (tertiary alicyclic amines) is 2. The first-order valence-electron chi connectivity index (χ1n) is 11.9. The molecule has 0 aliphatic carbocycles. The molecule has 4 rings (SSSR count). The summed E-state index contributed by atoms with van der Waals surface area (Å²) in [7, 11) is -3.88. The molecule has 2 aromatic rings. The molecule has 2 aliphatic rings. The number of hydrogen-bond acceptors (Lipinski definition) is 6. The number of amidine groups is 1. The van der Waals surface area contributed by atoms with Crippen LogP contribution >= 0.6 is 11.6 Å². The number of nitriles is 1. The molecule has 0 saturated carbocycles. The van der Waals surface area contributed by atoms with Crippen LogP contribution < -0.4 is 5.32 Å². The molecule has 0 radical (unpaired) electrons. The number of benzene rings is 1. The van der Waals surface area contributed by atoms with Gasteiger partial charge in [-0.1, -0.05) is 23.7 Å². The monoisotopic (exact) mass is 532 g/mol. The number of carbonyl (C=O) groups is 2. The Hall–Kier alpha value is -3.10. The molecule has 1 aromatic heterocycles. The summed E-state index contributed by atoms with van der Waals surface area (Å²) >= 11 is 6.22. The van der Waals surface area contributed by atoms with E-state index in [2.05, 4.69) is 15.3 Å². The van der Waals surface area contributed by atoms with Crippen LogP contribution in [0.1, 0.15) is 32.1 Å². The van der Waals surface area contributed by atoms with Crippen LogP contribution in [0.5, 0.6) is 0 Å². The van der Waals surface area contributed by atoms with Gasteiger partial charge in [-0.15, -0.1) is 0 Å². The first-order chi connectivity index (χ1) is 17.2. The molecule has 2 fully saturated rings. The van der Waals surface area contributed by atoms with E-state index in [1.807, 2.05) is 6.07 Å². The second-order valence-corrected chi connectivity index (χ2v) is 11.7. The number of aliphatic imine (C=N–C) groups is 1. The molecule has 0 bridgehead atoms. The third kappa shape index (κ3) is 5.65. The van der Waals surface area contributed by atoms with E-state index in [9.17, 15) is 23.3 Å². The molecule has 2 N–H and O–H groups in total. The predicted molar refractivity (Wildman–Crippen MR) is 139 cm³/mol. The number of para-hydroxylation sites is 1. The highest BCUT2D eigenvalue weighted by Gasteiger charge is 2.33. The fourth-order valence-electron chi connectivity index (χ4n) is 4.65. The molecule has 10 nitrogen and oxygen atoms in total. The molecular weight excluding hydrogens is 504 g/mol. The van der Waals surface area contributed by atoms with Crippen LogP contribution in [0.25, 0.3) is 10.9 Å². The second-order valence-electron chi connectivity index (χ2n) is 9.20. The standard InChI is InChI=1S/C24H29ClN6O4S/c1-36(34,35)20(13-26)23(28-18-9-6-7-16-17(25)14-27-22(16)18)29-19-8-2-3-12-31(24(19)33)15-21(32)30-10-4-5-11-30/h6-7,9,14,19-20,27H,2-5,8,10-12,15H2,1H3,(H,28,29)/t19-,20?/m0/s1. The molecule has 2 atom stereocenters. The van der Waals surface area contributed by atoms with Gasteiger partial charge in [-0.05, 0) is 38.2 Å². The van der Waals surface area contributed by atoms with Gasteiger partial charge in [0.1, 0.15) is 11.9 Å². The highest BCUT2D eigenvalue weighted by molar-refractivity contribution is 7.92. The highest BCUT2D eigenvalue weighted by Crippen LogP contribution is 2.29. The van der Waals surface area contributed by atoms with Crippen LogP contribution in [-0.4, -0.2) is 84.6 Å². The number of halogens is 1. The minimum atomic E-state index is -3.88. The normalized spacial score (nSPS) is 20.3. The summed E-state index contributed by atoms with van der Waals surface area (Å²) in [5, 5.41) is 12.3. The third-order valence-corrected chi connectivity index (χ3v) is 8.05. The number of hydrogen-bond donors (Lipinski definition) is 2. The van der Waals surface area contributed by atoms with Gasteiger partial charge < -0.3 is 20.1 Å². The Morgan fingerprint density at radius 2 is 2.00 bits per heavy atom. The molecule has 2 saturated heterocycles. The van der Waals surface area contributed by atoms with Crippen molar-refractivity contribution >= 4 is 55.7 Å². The first kappa shape index (κ1) is 26.0. The Labute approximate surface area is 215 Å². The number of nitrogens with zero attached hydrogens (tertiary/aromatic N) is 4. The number of carbonyl (C=O) groups excluding carboxylic acids is 2. The van der Waals surface area contributed by atoms with Crippen molar-refractivity contribution in [3.63, 3.8) is 0 Å². The van der Waals surface area contributed by atoms with Gasteiger partial charge in [0, 0.05) is 37.5 Å². The van der Waals surface area contributed by atoms with Crippen molar-refractivity contribution in [1.82, 2.24) is 14.8 Å². The van der Waals surface area contributed by atoms with E-state index in [4.69, 9.17) is 11.6 Å². The highest BCUT2D eigenvalue weighted by atomic mass is 35.5. The fourth-order valence-corrected chi connectivity index (χ4v) is 5.58. The lowest BCUT2D eigenvalue weighted by Gasteiger charge is -2.25. The van der Waals surface area contributed by atoms with Crippen LogP contribution in [-0.2, 0) is 19.4 Å². The van der Waals surface area contributed by atoms with Crippen molar-refractivity contribution in [2.24, 2.45) is 4.99 Å². The van der Waals surface area contributed by atoms with E-state index in [1.165, 1.54) is 4.90 Å². The topological polar surface area (TPSA) is 139 Å². The van der Waals surface area contributed by atoms with Gasteiger partial charge in [0.2, 0.25) is 17.1 Å². The fraction of sp³-hybridized carbons (Fsp3) is 0.500. The predicted octanol–water partition coefficient (Wildman–Crippen LogP) is 2.57. The number of sulfone groups is 1. The van der Waals surface area contributed by atoms with Crippen LogP contribution in [0.2, 0.25) is 5.02 Å². The van der Waals surface area contributed by atoms with Gasteiger partial charge in [-0.25, -0.2) is 8.42 Å². The van der Waals surface area contributed by atoms with Crippen LogP contribution in [0.3, 0.4) is 0 Å². The van der Waals surface area contributed by atoms with E-state index < -0.39 is 21.1 Å². The Bertz CT molecular complexity index is 1330. The zero-order valence-corrected chi connectivity index (χ0v) is 21.6. The average Bonchev–Trinajstić information content (AvgIpc) is 3.46. The lowest BCUT2D eigenvalue weighted by molar-refractivity contribution is -0.140. The molecule has 2 aliphatic heterocycles. The van der Waals surface area contributed by atoms with E-state index in [1.54, 1.807) is 29.3 Å². The molecule has 12 heteroatoms. The van der Waals surface area contributed by atoms with Gasteiger partial charge in [-0.3, -0.25) is 14.6 Å². The van der Waals surface area contributed by atoms with Crippen molar-refractivity contribution in [3.05, 3.63) is 29.4 Å². The smallest absolute Gasteiger partial charge is 0.247 e. The minimum Gasteiger partial charge on any atom is -0.358 e. The number of amides is 2. The number of aromatic amines is 1. The zero-order chi connectivity index (χ0) is 25.9. The van der Waals surface area contributed by atoms with Crippen molar-refractivity contribution in [3.8, 4) is 6.07 Å². The minimum absolute atomic E-state index is 0.0261. The number of anilines is 1. The zero-order valence-electron chi connectivity index (χ0n) is 20.0. The maximum Gasteiger partial charge on any atom is 0.247 e. The lowest BCUT2D eigenvalue weighted by atomic mass is 10.1. The summed E-state index contributed by atoms with van der Waals surface area (Å²) in [5.74, 6) is -0.569. The SMILES string of the molecule is CS(=O)(=O)C(C#N)C(=N[C@H]1CCCCN(CC(=O)N2CCCC2)C1=O)Nc1cccc2c(Cl)c[nH]c12. The summed E-state index contributed by atoms with van der Waals surface area (Å²) in [6.45, 7) is 1.80. The summed E-state index contributed by atoms with van der Waals surface area (Å²) in [6.07, 6.45) is 6.26. The number of aromatic nitrogens is 1. The van der Waals surface area contributed by atoms with Gasteiger partial charge in [-0.2, -0.15) is 5.26 Å².